The van der Waals surface area contributed by atoms with Crippen molar-refractivity contribution in [1.29, 1.82) is 0 Å². The molecule has 0 aliphatic heterocycles. The summed E-state index contributed by atoms with van der Waals surface area (Å²) < 4.78 is 0. The normalized spacial score (nSPS) is 12.8. The van der Waals surface area contributed by atoms with Gasteiger partial charge in [-0.3, -0.25) is 0 Å². The summed E-state index contributed by atoms with van der Waals surface area (Å²) in [5.74, 6) is 0.203. The van der Waals surface area contributed by atoms with E-state index in [0.717, 1.165) is 22.3 Å². The van der Waals surface area contributed by atoms with Crippen LogP contribution in [-0.4, -0.2) is 10.2 Å². The van der Waals surface area contributed by atoms with Gasteiger partial charge in [-0.05, 0) is 34.4 Å². The van der Waals surface area contributed by atoms with E-state index in [4.69, 9.17) is 0 Å². The Bertz CT molecular complexity index is 790. The molecule has 1 atom stereocenters. The van der Waals surface area contributed by atoms with E-state index < -0.39 is 6.10 Å². The summed E-state index contributed by atoms with van der Waals surface area (Å²) in [5.41, 5.74) is 4.07. The molecule has 0 fully saturated rings. The number of aromatic hydroxyl groups is 1. The third kappa shape index (κ3) is 4.12. The number of hydrogen-bond donors (Lipinski definition) is 2. The van der Waals surface area contributed by atoms with Crippen LogP contribution >= 0.6 is 0 Å². The van der Waals surface area contributed by atoms with Crippen molar-refractivity contribution in [3.8, 4) is 5.75 Å². The first-order chi connectivity index (χ1) is 11.7. The van der Waals surface area contributed by atoms with Gasteiger partial charge in [0.25, 0.3) is 0 Å². The summed E-state index contributed by atoms with van der Waals surface area (Å²) in [6.45, 7) is 0. The van der Waals surface area contributed by atoms with Crippen molar-refractivity contribution in [1.82, 2.24) is 0 Å². The van der Waals surface area contributed by atoms with Crippen LogP contribution in [0.1, 0.15) is 29.2 Å². The molecule has 24 heavy (non-hydrogen) atoms. The molecule has 3 aromatic carbocycles. The molecule has 120 valence electrons. The zero-order chi connectivity index (χ0) is 16.8. The Labute approximate surface area is 142 Å². The molecule has 1 unspecified atom stereocenters. The predicted molar refractivity (Wildman–Crippen MR) is 98.4 cm³/mol. The number of phenols is 1. The molecule has 3 rings (SSSR count). The van der Waals surface area contributed by atoms with Crippen LogP contribution < -0.4 is 0 Å². The molecule has 2 nitrogen and oxygen atoms in total. The van der Waals surface area contributed by atoms with Gasteiger partial charge in [-0.25, -0.2) is 0 Å². The van der Waals surface area contributed by atoms with Crippen molar-refractivity contribution >= 4 is 11.6 Å². The molecule has 3 aromatic rings. The van der Waals surface area contributed by atoms with Crippen molar-refractivity contribution in [3.05, 3.63) is 102 Å². The van der Waals surface area contributed by atoms with Crippen LogP contribution in [0.5, 0.6) is 5.75 Å². The Balaban J connectivity index is 1.90. The van der Waals surface area contributed by atoms with Gasteiger partial charge in [-0.2, -0.15) is 0 Å². The molecule has 0 aliphatic rings. The van der Waals surface area contributed by atoms with Crippen LogP contribution in [0.4, 0.5) is 0 Å². The second-order valence-corrected chi connectivity index (χ2v) is 5.76. The summed E-state index contributed by atoms with van der Waals surface area (Å²) in [6, 6.07) is 26.9. The maximum absolute atomic E-state index is 10.6. The van der Waals surface area contributed by atoms with Crippen LogP contribution in [0.25, 0.3) is 11.6 Å². The van der Waals surface area contributed by atoms with Gasteiger partial charge >= 0.3 is 0 Å². The highest BCUT2D eigenvalue weighted by molar-refractivity contribution is 5.81. The molecular weight excluding hydrogens is 296 g/mol. The minimum atomic E-state index is -0.624. The summed E-state index contributed by atoms with van der Waals surface area (Å²) in [6.07, 6.45) is 1.99. The van der Waals surface area contributed by atoms with Gasteiger partial charge in [0.1, 0.15) is 5.75 Å². The average Bonchev–Trinajstić information content (AvgIpc) is 2.63. The number of rotatable bonds is 5. The van der Waals surface area contributed by atoms with Crippen LogP contribution in [0.3, 0.4) is 0 Å². The van der Waals surface area contributed by atoms with Crippen molar-refractivity contribution in [2.75, 3.05) is 0 Å². The second-order valence-electron chi connectivity index (χ2n) is 5.76. The van der Waals surface area contributed by atoms with E-state index in [-0.39, 0.29) is 5.75 Å². The van der Waals surface area contributed by atoms with Crippen molar-refractivity contribution in [2.45, 2.75) is 12.5 Å². The fourth-order valence-corrected chi connectivity index (χ4v) is 2.69. The molecule has 0 spiro atoms. The van der Waals surface area contributed by atoms with E-state index in [1.54, 1.807) is 24.3 Å². The molecule has 0 bridgehead atoms. The van der Waals surface area contributed by atoms with Gasteiger partial charge in [-0.15, -0.1) is 0 Å². The Hall–Kier alpha value is -2.84. The first kappa shape index (κ1) is 16.0. The SMILES string of the molecule is Oc1ccc(C(O)CC(=Cc2ccccc2)c2ccccc2)cc1. The fraction of sp³-hybridized carbons (Fsp3) is 0.0909. The van der Waals surface area contributed by atoms with Crippen LogP contribution in [0.15, 0.2) is 84.9 Å². The van der Waals surface area contributed by atoms with Crippen molar-refractivity contribution in [3.63, 3.8) is 0 Å². The monoisotopic (exact) mass is 316 g/mol. The maximum atomic E-state index is 10.6. The van der Waals surface area contributed by atoms with Gasteiger partial charge in [-0.1, -0.05) is 78.9 Å². The molecular formula is C22H20O2. The Kier molecular flexibility index (Phi) is 5.09. The summed E-state index contributed by atoms with van der Waals surface area (Å²) in [4.78, 5) is 0. The summed E-state index contributed by atoms with van der Waals surface area (Å²) in [7, 11) is 0. The topological polar surface area (TPSA) is 40.5 Å². The zero-order valence-corrected chi connectivity index (χ0v) is 13.3. The highest BCUT2D eigenvalue weighted by Gasteiger charge is 2.12. The van der Waals surface area contributed by atoms with E-state index in [1.165, 1.54) is 0 Å². The maximum Gasteiger partial charge on any atom is 0.115 e. The summed E-state index contributed by atoms with van der Waals surface area (Å²) in [5, 5.41) is 20.0. The molecule has 0 saturated carbocycles. The molecule has 2 heteroatoms. The lowest BCUT2D eigenvalue weighted by atomic mass is 9.94. The van der Waals surface area contributed by atoms with Crippen molar-refractivity contribution < 1.29 is 10.2 Å². The lowest BCUT2D eigenvalue weighted by Gasteiger charge is -2.15. The number of aliphatic hydroxyl groups is 1. The minimum Gasteiger partial charge on any atom is -0.508 e. The highest BCUT2D eigenvalue weighted by atomic mass is 16.3. The number of benzene rings is 3. The van der Waals surface area contributed by atoms with Crippen molar-refractivity contribution in [2.24, 2.45) is 0 Å². The van der Waals surface area contributed by atoms with Gasteiger partial charge in [0.05, 0.1) is 6.10 Å². The lowest BCUT2D eigenvalue weighted by Crippen LogP contribution is -1.99. The van der Waals surface area contributed by atoms with Gasteiger partial charge in [0.2, 0.25) is 0 Å². The van der Waals surface area contributed by atoms with E-state index in [9.17, 15) is 10.2 Å². The second kappa shape index (κ2) is 7.62. The molecule has 2 N–H and O–H groups in total. The lowest BCUT2D eigenvalue weighted by molar-refractivity contribution is 0.184. The molecule has 0 radical (unpaired) electrons. The highest BCUT2D eigenvalue weighted by Crippen LogP contribution is 2.29. The zero-order valence-electron chi connectivity index (χ0n) is 13.3. The number of phenolic OH excluding ortho intramolecular Hbond substituents is 1. The Morgan fingerprint density at radius 2 is 1.38 bits per heavy atom. The average molecular weight is 316 g/mol. The third-order valence-corrected chi connectivity index (χ3v) is 3.98. The van der Waals surface area contributed by atoms with Gasteiger partial charge in [0, 0.05) is 6.42 Å². The standard InChI is InChI=1S/C22H20O2/c23-21-13-11-19(12-14-21)22(24)16-20(18-9-5-2-6-10-18)15-17-7-3-1-4-8-17/h1-15,22-24H,16H2. The quantitative estimate of drug-likeness (QED) is 0.646. The predicted octanol–water partition coefficient (Wildman–Crippen LogP) is 5.06. The first-order valence-electron chi connectivity index (χ1n) is 8.00. The smallest absolute Gasteiger partial charge is 0.115 e. The van der Waals surface area contributed by atoms with Gasteiger partial charge < -0.3 is 10.2 Å². The van der Waals surface area contributed by atoms with Crippen LogP contribution in [0, 0.1) is 0 Å². The van der Waals surface area contributed by atoms with E-state index >= 15 is 0 Å². The van der Waals surface area contributed by atoms with E-state index in [2.05, 4.69) is 30.3 Å². The van der Waals surface area contributed by atoms with E-state index in [1.807, 2.05) is 36.4 Å². The third-order valence-electron chi connectivity index (χ3n) is 3.98. The van der Waals surface area contributed by atoms with E-state index in [0.29, 0.717) is 6.42 Å². The Morgan fingerprint density at radius 1 is 0.792 bits per heavy atom. The first-order valence-corrected chi connectivity index (χ1v) is 8.00. The van der Waals surface area contributed by atoms with Crippen LogP contribution in [-0.2, 0) is 0 Å². The number of aliphatic hydroxyl groups excluding tert-OH is 1. The number of hydrogen-bond acceptors (Lipinski definition) is 2. The summed E-state index contributed by atoms with van der Waals surface area (Å²) >= 11 is 0. The molecule has 0 heterocycles. The minimum absolute atomic E-state index is 0.203. The van der Waals surface area contributed by atoms with Crippen LogP contribution in [0.2, 0.25) is 0 Å². The largest absolute Gasteiger partial charge is 0.508 e. The molecule has 0 saturated heterocycles. The molecule has 0 amide bonds. The molecule has 0 aromatic heterocycles. The fourth-order valence-electron chi connectivity index (χ4n) is 2.69. The molecule has 0 aliphatic carbocycles. The van der Waals surface area contributed by atoms with Gasteiger partial charge in [0.15, 0.2) is 0 Å². The Morgan fingerprint density at radius 3 is 2.00 bits per heavy atom.